The number of urea groups is 1. The number of amides is 3. The van der Waals surface area contributed by atoms with Crippen molar-refractivity contribution < 1.29 is 22.4 Å². The van der Waals surface area contributed by atoms with Crippen molar-refractivity contribution >= 4 is 27.5 Å². The molecular formula is C11H14FN3O4S. The molecule has 0 saturated heterocycles. The zero-order valence-corrected chi connectivity index (χ0v) is 11.6. The first-order valence-electron chi connectivity index (χ1n) is 5.51. The van der Waals surface area contributed by atoms with Crippen molar-refractivity contribution in [1.29, 1.82) is 0 Å². The number of nitrogens with one attached hydrogen (secondary N) is 2. The number of nitrogens with two attached hydrogens (primary N) is 1. The molecule has 110 valence electrons. The lowest BCUT2D eigenvalue weighted by Crippen LogP contribution is -2.44. The van der Waals surface area contributed by atoms with E-state index in [0.717, 1.165) is 25.1 Å². The van der Waals surface area contributed by atoms with Crippen LogP contribution in [0, 0.1) is 5.82 Å². The summed E-state index contributed by atoms with van der Waals surface area (Å²) in [7, 11) is -2.93. The predicted octanol–water partition coefficient (Wildman–Crippen LogP) is 0.0257. The van der Waals surface area contributed by atoms with Crippen molar-refractivity contribution in [1.82, 2.24) is 10.6 Å². The molecule has 0 aliphatic rings. The van der Waals surface area contributed by atoms with Crippen LogP contribution in [0.4, 0.5) is 14.9 Å². The number of sulfone groups is 1. The molecule has 1 aromatic rings. The van der Waals surface area contributed by atoms with Crippen molar-refractivity contribution in [3.8, 4) is 0 Å². The van der Waals surface area contributed by atoms with Gasteiger partial charge in [0, 0.05) is 7.05 Å². The number of nitrogen functional groups attached to an aromatic ring is 1. The molecule has 7 nitrogen and oxygen atoms in total. The predicted molar refractivity (Wildman–Crippen MR) is 70.1 cm³/mol. The van der Waals surface area contributed by atoms with Crippen LogP contribution < -0.4 is 16.4 Å². The van der Waals surface area contributed by atoms with E-state index in [1.807, 2.05) is 5.32 Å². The zero-order valence-electron chi connectivity index (χ0n) is 10.8. The van der Waals surface area contributed by atoms with Gasteiger partial charge in [0.25, 0.3) is 0 Å². The Balaban J connectivity index is 3.13. The maximum Gasteiger partial charge on any atom is 0.321 e. The molecule has 0 aliphatic heterocycles. The largest absolute Gasteiger partial charge is 0.398 e. The van der Waals surface area contributed by atoms with Gasteiger partial charge in [0.2, 0.25) is 5.91 Å². The number of rotatable bonds is 3. The van der Waals surface area contributed by atoms with Crippen LogP contribution in [-0.4, -0.2) is 32.7 Å². The van der Waals surface area contributed by atoms with E-state index in [0.29, 0.717) is 0 Å². The van der Waals surface area contributed by atoms with Gasteiger partial charge in [-0.05, 0) is 25.1 Å². The quantitative estimate of drug-likeness (QED) is 0.681. The molecule has 0 aromatic heterocycles. The molecular weight excluding hydrogens is 289 g/mol. The molecule has 0 spiro atoms. The fraction of sp³-hybridized carbons (Fsp3) is 0.273. The van der Waals surface area contributed by atoms with Crippen LogP contribution in [0.5, 0.6) is 0 Å². The highest BCUT2D eigenvalue weighted by Gasteiger charge is 2.32. The van der Waals surface area contributed by atoms with E-state index in [9.17, 15) is 22.4 Å². The molecule has 9 heteroatoms. The Hall–Kier alpha value is -2.16. The number of hydrogen-bond donors (Lipinski definition) is 3. The van der Waals surface area contributed by atoms with Crippen LogP contribution in [0.25, 0.3) is 0 Å². The molecule has 20 heavy (non-hydrogen) atoms. The van der Waals surface area contributed by atoms with E-state index >= 15 is 0 Å². The highest BCUT2D eigenvalue weighted by molar-refractivity contribution is 7.93. The van der Waals surface area contributed by atoms with E-state index < -0.39 is 37.7 Å². The van der Waals surface area contributed by atoms with E-state index in [-0.39, 0.29) is 5.69 Å². The Morgan fingerprint density at radius 2 is 1.95 bits per heavy atom. The summed E-state index contributed by atoms with van der Waals surface area (Å²) in [5.41, 5.74) is 5.31. The highest BCUT2D eigenvalue weighted by Crippen LogP contribution is 2.23. The fourth-order valence-corrected chi connectivity index (χ4v) is 2.76. The lowest BCUT2D eigenvalue weighted by molar-refractivity contribution is -0.119. The molecule has 3 amide bonds. The van der Waals surface area contributed by atoms with E-state index in [1.54, 1.807) is 0 Å². The molecule has 1 atom stereocenters. The summed E-state index contributed by atoms with van der Waals surface area (Å²) in [5.74, 6) is -1.83. The van der Waals surface area contributed by atoms with E-state index in [1.165, 1.54) is 7.05 Å². The number of imide groups is 1. The molecule has 0 aliphatic carbocycles. The SMILES string of the molecule is CNC(=O)NC(=O)C(C)S(=O)(=O)c1cc(F)ccc1N. The van der Waals surface area contributed by atoms with Gasteiger partial charge in [0.05, 0.1) is 10.6 Å². The Kier molecular flexibility index (Phi) is 4.66. The van der Waals surface area contributed by atoms with Crippen molar-refractivity contribution in [2.75, 3.05) is 12.8 Å². The average molecular weight is 303 g/mol. The molecule has 0 bridgehead atoms. The van der Waals surface area contributed by atoms with Crippen LogP contribution in [-0.2, 0) is 14.6 Å². The standard InChI is InChI=1S/C11H14FN3O4S/c1-6(10(16)15-11(17)14-2)20(18,19)9-5-7(12)3-4-8(9)13/h3-6H,13H2,1-2H3,(H2,14,15,16,17). The first-order valence-corrected chi connectivity index (χ1v) is 7.06. The van der Waals surface area contributed by atoms with Gasteiger partial charge in [-0.3, -0.25) is 10.1 Å². The number of carbonyl (C=O) groups is 2. The summed E-state index contributed by atoms with van der Waals surface area (Å²) < 4.78 is 37.5. The number of halogens is 1. The molecule has 1 aromatic carbocycles. The highest BCUT2D eigenvalue weighted by atomic mass is 32.2. The summed E-state index contributed by atoms with van der Waals surface area (Å²) >= 11 is 0. The molecule has 1 unspecified atom stereocenters. The molecule has 0 fully saturated rings. The van der Waals surface area contributed by atoms with E-state index in [2.05, 4.69) is 5.32 Å². The van der Waals surface area contributed by atoms with Gasteiger partial charge in [-0.1, -0.05) is 0 Å². The minimum absolute atomic E-state index is 0.175. The molecule has 0 radical (unpaired) electrons. The second-order valence-corrected chi connectivity index (χ2v) is 6.17. The Labute approximate surface area is 115 Å². The van der Waals surface area contributed by atoms with Crippen LogP contribution in [0.1, 0.15) is 6.92 Å². The zero-order chi connectivity index (χ0) is 15.5. The van der Waals surface area contributed by atoms with Gasteiger partial charge in [-0.25, -0.2) is 17.6 Å². The van der Waals surface area contributed by atoms with Gasteiger partial charge >= 0.3 is 6.03 Å². The normalized spacial score (nSPS) is 12.6. The monoisotopic (exact) mass is 303 g/mol. The molecule has 4 N–H and O–H groups in total. The Bertz CT molecular complexity index is 645. The molecule has 0 heterocycles. The summed E-state index contributed by atoms with van der Waals surface area (Å²) in [6, 6.07) is 1.98. The molecule has 1 rings (SSSR count). The van der Waals surface area contributed by atoms with Gasteiger partial charge < -0.3 is 11.1 Å². The maximum atomic E-state index is 13.1. The van der Waals surface area contributed by atoms with Crippen molar-refractivity contribution in [3.63, 3.8) is 0 Å². The third-order valence-corrected chi connectivity index (χ3v) is 4.69. The molecule has 0 saturated carbocycles. The minimum Gasteiger partial charge on any atom is -0.398 e. The first kappa shape index (κ1) is 15.9. The lowest BCUT2D eigenvalue weighted by atomic mass is 10.3. The number of hydrogen-bond acceptors (Lipinski definition) is 5. The maximum absolute atomic E-state index is 13.1. The minimum atomic E-state index is -4.20. The van der Waals surface area contributed by atoms with Gasteiger partial charge in [-0.2, -0.15) is 0 Å². The van der Waals surface area contributed by atoms with Crippen molar-refractivity contribution in [2.24, 2.45) is 0 Å². The number of carbonyl (C=O) groups excluding carboxylic acids is 2. The first-order chi connectivity index (χ1) is 9.20. The second-order valence-electron chi connectivity index (χ2n) is 3.94. The summed E-state index contributed by atoms with van der Waals surface area (Å²) in [5, 5.41) is 2.36. The third kappa shape index (κ3) is 3.23. The Morgan fingerprint density at radius 1 is 1.35 bits per heavy atom. The van der Waals surface area contributed by atoms with Gasteiger partial charge in [-0.15, -0.1) is 0 Å². The number of benzene rings is 1. The van der Waals surface area contributed by atoms with Gasteiger partial charge in [0.15, 0.2) is 9.84 Å². The average Bonchev–Trinajstić information content (AvgIpc) is 2.40. The smallest absolute Gasteiger partial charge is 0.321 e. The summed E-state index contributed by atoms with van der Waals surface area (Å²) in [4.78, 5) is 22.1. The second kappa shape index (κ2) is 5.87. The van der Waals surface area contributed by atoms with Crippen molar-refractivity contribution in [3.05, 3.63) is 24.0 Å². The third-order valence-electron chi connectivity index (χ3n) is 2.58. The summed E-state index contributed by atoms with van der Waals surface area (Å²) in [6.45, 7) is 1.08. The Morgan fingerprint density at radius 3 is 2.50 bits per heavy atom. The van der Waals surface area contributed by atoms with Crippen LogP contribution in [0.15, 0.2) is 23.1 Å². The van der Waals surface area contributed by atoms with Gasteiger partial charge in [0.1, 0.15) is 11.1 Å². The van der Waals surface area contributed by atoms with Crippen LogP contribution in [0.3, 0.4) is 0 Å². The summed E-state index contributed by atoms with van der Waals surface area (Å²) in [6.07, 6.45) is 0. The van der Waals surface area contributed by atoms with Crippen molar-refractivity contribution in [2.45, 2.75) is 17.1 Å². The lowest BCUT2D eigenvalue weighted by Gasteiger charge is -2.14. The van der Waals surface area contributed by atoms with Crippen LogP contribution in [0.2, 0.25) is 0 Å². The number of anilines is 1. The van der Waals surface area contributed by atoms with Crippen LogP contribution >= 0.6 is 0 Å². The van der Waals surface area contributed by atoms with E-state index in [4.69, 9.17) is 5.73 Å². The fourth-order valence-electron chi connectivity index (χ4n) is 1.36. The topological polar surface area (TPSA) is 118 Å².